The van der Waals surface area contributed by atoms with Gasteiger partial charge in [0.15, 0.2) is 0 Å². The van der Waals surface area contributed by atoms with E-state index in [1.807, 2.05) is 39.1 Å². The van der Waals surface area contributed by atoms with Crippen LogP contribution in [0.5, 0.6) is 11.6 Å². The van der Waals surface area contributed by atoms with Crippen LogP contribution in [0.3, 0.4) is 0 Å². The normalized spacial score (nSPS) is 10.7. The lowest BCUT2D eigenvalue weighted by Gasteiger charge is -2.15. The van der Waals surface area contributed by atoms with E-state index in [1.54, 1.807) is 0 Å². The zero-order valence-electron chi connectivity index (χ0n) is 12.2. The third-order valence-electron chi connectivity index (χ3n) is 3.15. The van der Waals surface area contributed by atoms with Crippen LogP contribution in [0.15, 0.2) is 24.3 Å². The van der Waals surface area contributed by atoms with E-state index in [1.165, 1.54) is 5.56 Å². The fraction of sp³-hybridized carbons (Fsp3) is 0.312. The number of rotatable bonds is 4. The summed E-state index contributed by atoms with van der Waals surface area (Å²) in [6.07, 6.45) is 0. The van der Waals surface area contributed by atoms with E-state index in [0.29, 0.717) is 17.4 Å². The van der Waals surface area contributed by atoms with Gasteiger partial charge in [0, 0.05) is 22.8 Å². The van der Waals surface area contributed by atoms with Crippen LogP contribution in [0.2, 0.25) is 5.02 Å². The van der Waals surface area contributed by atoms with Crippen molar-refractivity contribution in [1.82, 2.24) is 10.3 Å². The number of hydrogen-bond acceptors (Lipinski definition) is 3. The molecular formula is C16H19ClN2O. The van der Waals surface area contributed by atoms with Crippen LogP contribution in [-0.2, 0) is 6.54 Å². The van der Waals surface area contributed by atoms with Crippen molar-refractivity contribution in [1.29, 1.82) is 0 Å². The molecule has 0 aliphatic heterocycles. The number of benzene rings is 1. The van der Waals surface area contributed by atoms with Gasteiger partial charge in [0.2, 0.25) is 5.88 Å². The SMILES string of the molecule is CNCc1c(C)cc(C)nc1Oc1cc(Cl)ccc1C. The molecule has 0 saturated heterocycles. The Hall–Kier alpha value is -1.58. The highest BCUT2D eigenvalue weighted by molar-refractivity contribution is 6.30. The Morgan fingerprint density at radius 2 is 1.90 bits per heavy atom. The molecule has 2 aromatic rings. The smallest absolute Gasteiger partial charge is 0.224 e. The molecule has 0 aliphatic carbocycles. The minimum atomic E-state index is 0.641. The van der Waals surface area contributed by atoms with Crippen molar-refractivity contribution in [2.24, 2.45) is 0 Å². The van der Waals surface area contributed by atoms with E-state index in [2.05, 4.69) is 23.3 Å². The van der Waals surface area contributed by atoms with Gasteiger partial charge in [-0.3, -0.25) is 0 Å². The van der Waals surface area contributed by atoms with E-state index in [-0.39, 0.29) is 0 Å². The lowest BCUT2D eigenvalue weighted by Crippen LogP contribution is -2.10. The lowest BCUT2D eigenvalue weighted by atomic mass is 10.1. The highest BCUT2D eigenvalue weighted by atomic mass is 35.5. The quantitative estimate of drug-likeness (QED) is 0.917. The second-order valence-electron chi connectivity index (χ2n) is 4.91. The Morgan fingerprint density at radius 3 is 2.60 bits per heavy atom. The number of halogens is 1. The maximum absolute atomic E-state index is 6.03. The van der Waals surface area contributed by atoms with E-state index in [4.69, 9.17) is 16.3 Å². The zero-order chi connectivity index (χ0) is 14.7. The molecule has 0 fully saturated rings. The van der Waals surface area contributed by atoms with Gasteiger partial charge in [0.1, 0.15) is 5.75 Å². The van der Waals surface area contributed by atoms with E-state index in [0.717, 1.165) is 22.6 Å². The Labute approximate surface area is 124 Å². The van der Waals surface area contributed by atoms with Crippen molar-refractivity contribution >= 4 is 11.6 Å². The van der Waals surface area contributed by atoms with Crippen molar-refractivity contribution in [3.63, 3.8) is 0 Å². The maximum atomic E-state index is 6.03. The summed E-state index contributed by atoms with van der Waals surface area (Å²) in [5, 5.41) is 3.81. The molecule has 106 valence electrons. The van der Waals surface area contributed by atoms with Crippen molar-refractivity contribution in [3.05, 3.63) is 51.7 Å². The summed E-state index contributed by atoms with van der Waals surface area (Å²) in [7, 11) is 1.91. The second-order valence-corrected chi connectivity index (χ2v) is 5.34. The Bertz CT molecular complexity index is 626. The zero-order valence-corrected chi connectivity index (χ0v) is 13.0. The Morgan fingerprint density at radius 1 is 1.15 bits per heavy atom. The molecule has 0 bridgehead atoms. The maximum Gasteiger partial charge on any atom is 0.224 e. The number of ether oxygens (including phenoxy) is 1. The van der Waals surface area contributed by atoms with Crippen molar-refractivity contribution in [2.75, 3.05) is 7.05 Å². The van der Waals surface area contributed by atoms with Crippen LogP contribution >= 0.6 is 11.6 Å². The highest BCUT2D eigenvalue weighted by Gasteiger charge is 2.12. The van der Waals surface area contributed by atoms with Gasteiger partial charge in [0.05, 0.1) is 0 Å². The van der Waals surface area contributed by atoms with Crippen LogP contribution in [-0.4, -0.2) is 12.0 Å². The summed E-state index contributed by atoms with van der Waals surface area (Å²) in [4.78, 5) is 4.51. The molecule has 20 heavy (non-hydrogen) atoms. The summed E-state index contributed by atoms with van der Waals surface area (Å²) >= 11 is 6.03. The molecule has 1 aromatic carbocycles. The van der Waals surface area contributed by atoms with Crippen LogP contribution < -0.4 is 10.1 Å². The van der Waals surface area contributed by atoms with Crippen molar-refractivity contribution in [3.8, 4) is 11.6 Å². The molecule has 0 atom stereocenters. The van der Waals surface area contributed by atoms with E-state index < -0.39 is 0 Å². The third kappa shape index (κ3) is 3.30. The molecule has 0 spiro atoms. The first-order chi connectivity index (χ1) is 9.51. The first-order valence-electron chi connectivity index (χ1n) is 6.57. The average molecular weight is 291 g/mol. The molecule has 0 saturated carbocycles. The standard InChI is InChI=1S/C16H19ClN2O/c1-10-5-6-13(17)8-15(10)20-16-14(9-18-4)11(2)7-12(3)19-16/h5-8,18H,9H2,1-4H3. The van der Waals surface area contributed by atoms with Gasteiger partial charge in [-0.1, -0.05) is 17.7 Å². The lowest BCUT2D eigenvalue weighted by molar-refractivity contribution is 0.449. The van der Waals surface area contributed by atoms with Gasteiger partial charge in [-0.2, -0.15) is 0 Å². The number of nitrogens with one attached hydrogen (secondary N) is 1. The predicted molar refractivity (Wildman–Crippen MR) is 82.7 cm³/mol. The predicted octanol–water partition coefficient (Wildman–Crippen LogP) is 4.17. The molecule has 0 unspecified atom stereocenters. The Balaban J connectivity index is 2.44. The molecule has 1 aromatic heterocycles. The van der Waals surface area contributed by atoms with E-state index in [9.17, 15) is 0 Å². The molecule has 2 rings (SSSR count). The molecule has 0 amide bonds. The molecule has 0 aliphatic rings. The van der Waals surface area contributed by atoms with E-state index >= 15 is 0 Å². The van der Waals surface area contributed by atoms with Gasteiger partial charge >= 0.3 is 0 Å². The number of nitrogens with zero attached hydrogens (tertiary/aromatic N) is 1. The number of aryl methyl sites for hydroxylation is 3. The monoisotopic (exact) mass is 290 g/mol. The minimum Gasteiger partial charge on any atom is -0.438 e. The Kier molecular flexibility index (Phi) is 4.63. The number of pyridine rings is 1. The highest BCUT2D eigenvalue weighted by Crippen LogP contribution is 2.30. The number of hydrogen-bond donors (Lipinski definition) is 1. The van der Waals surface area contributed by atoms with Gasteiger partial charge in [-0.25, -0.2) is 4.98 Å². The summed E-state index contributed by atoms with van der Waals surface area (Å²) < 4.78 is 6.00. The topological polar surface area (TPSA) is 34.2 Å². The molecule has 1 N–H and O–H groups in total. The summed E-state index contributed by atoms with van der Waals surface area (Å²) in [5.74, 6) is 1.38. The van der Waals surface area contributed by atoms with Gasteiger partial charge < -0.3 is 10.1 Å². The fourth-order valence-corrected chi connectivity index (χ4v) is 2.26. The largest absolute Gasteiger partial charge is 0.438 e. The van der Waals surface area contributed by atoms with Crippen molar-refractivity contribution < 1.29 is 4.74 Å². The van der Waals surface area contributed by atoms with Crippen LogP contribution in [0.4, 0.5) is 0 Å². The van der Waals surface area contributed by atoms with Crippen LogP contribution in [0.1, 0.15) is 22.4 Å². The van der Waals surface area contributed by atoms with Crippen molar-refractivity contribution in [2.45, 2.75) is 27.3 Å². The molecule has 3 nitrogen and oxygen atoms in total. The van der Waals surface area contributed by atoms with Gasteiger partial charge in [0.25, 0.3) is 0 Å². The van der Waals surface area contributed by atoms with Crippen LogP contribution in [0.25, 0.3) is 0 Å². The molecule has 1 heterocycles. The molecule has 4 heteroatoms. The first-order valence-corrected chi connectivity index (χ1v) is 6.94. The second kappa shape index (κ2) is 6.25. The summed E-state index contributed by atoms with van der Waals surface area (Å²) in [5.41, 5.74) is 4.21. The molecular weight excluding hydrogens is 272 g/mol. The molecule has 0 radical (unpaired) electrons. The minimum absolute atomic E-state index is 0.641. The average Bonchev–Trinajstić information content (AvgIpc) is 2.38. The van der Waals surface area contributed by atoms with Gasteiger partial charge in [-0.05, 0) is 57.1 Å². The third-order valence-corrected chi connectivity index (χ3v) is 3.38. The fourth-order valence-electron chi connectivity index (χ4n) is 2.09. The summed E-state index contributed by atoms with van der Waals surface area (Å²) in [6.45, 7) is 6.74. The number of aromatic nitrogens is 1. The van der Waals surface area contributed by atoms with Gasteiger partial charge in [-0.15, -0.1) is 0 Å². The van der Waals surface area contributed by atoms with Crippen LogP contribution in [0, 0.1) is 20.8 Å². The summed E-state index contributed by atoms with van der Waals surface area (Å²) in [6, 6.07) is 7.68. The first kappa shape index (κ1) is 14.8.